The van der Waals surface area contributed by atoms with E-state index < -0.39 is 5.60 Å². The first kappa shape index (κ1) is 21.5. The van der Waals surface area contributed by atoms with Crippen LogP contribution in [0.2, 0.25) is 0 Å². The number of carbonyl (C=O) groups is 1. The van der Waals surface area contributed by atoms with E-state index in [1.54, 1.807) is 0 Å². The molecule has 25 heavy (non-hydrogen) atoms. The second-order valence-corrected chi connectivity index (χ2v) is 7.22. The maximum absolute atomic E-state index is 12.8. The molecule has 1 N–H and O–H groups in total. The number of carbonyl (C=O) groups excluding carboxylic acids is 1. The molecule has 142 valence electrons. The van der Waals surface area contributed by atoms with Gasteiger partial charge in [-0.05, 0) is 49.9 Å². The van der Waals surface area contributed by atoms with Crippen molar-refractivity contribution in [2.75, 3.05) is 18.5 Å². The Morgan fingerprint density at radius 2 is 1.80 bits per heavy atom. The summed E-state index contributed by atoms with van der Waals surface area (Å²) in [6, 6.07) is 7.53. The fourth-order valence-electron chi connectivity index (χ4n) is 2.45. The first-order chi connectivity index (χ1) is 11.9. The molecule has 0 spiro atoms. The van der Waals surface area contributed by atoms with Crippen molar-refractivity contribution in [3.05, 3.63) is 24.3 Å². The Morgan fingerprint density at radius 3 is 2.36 bits per heavy atom. The van der Waals surface area contributed by atoms with Gasteiger partial charge in [-0.15, -0.1) is 0 Å². The van der Waals surface area contributed by atoms with Crippen LogP contribution >= 0.6 is 0 Å². The average molecular weight is 350 g/mol. The van der Waals surface area contributed by atoms with E-state index in [1.165, 1.54) is 0 Å². The van der Waals surface area contributed by atoms with Crippen LogP contribution in [0, 0.1) is 5.92 Å². The molecule has 0 aliphatic heterocycles. The summed E-state index contributed by atoms with van der Waals surface area (Å²) in [7, 11) is 0. The molecule has 0 aromatic heterocycles. The van der Waals surface area contributed by atoms with Crippen molar-refractivity contribution >= 4 is 11.6 Å². The summed E-state index contributed by atoms with van der Waals surface area (Å²) in [4.78, 5) is 12.8. The molecule has 0 saturated carbocycles. The highest BCUT2D eigenvalue weighted by Gasteiger charge is 2.33. The fraction of sp³-hybridized carbons (Fsp3) is 0.667. The maximum Gasteiger partial charge on any atom is 0.256 e. The number of ether oxygens (including phenoxy) is 2. The van der Waals surface area contributed by atoms with E-state index in [0.717, 1.165) is 43.5 Å². The number of hydrogen-bond donors (Lipinski definition) is 1. The van der Waals surface area contributed by atoms with E-state index in [1.807, 2.05) is 31.2 Å². The highest BCUT2D eigenvalue weighted by molar-refractivity contribution is 5.97. The van der Waals surface area contributed by atoms with Gasteiger partial charge in [-0.3, -0.25) is 4.79 Å². The fourth-order valence-corrected chi connectivity index (χ4v) is 2.45. The molecule has 1 rings (SSSR count). The van der Waals surface area contributed by atoms with E-state index >= 15 is 0 Å². The zero-order chi connectivity index (χ0) is 18.7. The van der Waals surface area contributed by atoms with Gasteiger partial charge in [-0.25, -0.2) is 0 Å². The first-order valence-electron chi connectivity index (χ1n) is 9.59. The molecule has 1 aromatic rings. The molecule has 1 unspecified atom stereocenters. The number of nitrogens with one attached hydrogen (secondary N) is 1. The summed E-state index contributed by atoms with van der Waals surface area (Å²) in [6.07, 6.45) is 4.87. The summed E-state index contributed by atoms with van der Waals surface area (Å²) in [5.41, 5.74) is -0.0124. The molecule has 0 saturated heterocycles. The number of rotatable bonds is 12. The predicted molar refractivity (Wildman–Crippen MR) is 104 cm³/mol. The Bertz CT molecular complexity index is 498. The van der Waals surface area contributed by atoms with Gasteiger partial charge in [0.25, 0.3) is 5.91 Å². The molecule has 4 nitrogen and oxygen atoms in total. The lowest BCUT2D eigenvalue weighted by Gasteiger charge is -2.28. The molecular formula is C21H35NO3. The zero-order valence-corrected chi connectivity index (χ0v) is 16.6. The summed E-state index contributed by atoms with van der Waals surface area (Å²) in [5, 5.41) is 2.99. The Balaban J connectivity index is 2.68. The standard InChI is InChI=1S/C21H35NO3/c1-6-8-9-14-21(5,25-15-7-2)20(23)22-18-10-12-19(13-11-18)24-16-17(3)4/h10-13,17H,6-9,14-16H2,1-5H3,(H,22,23). The van der Waals surface area contributed by atoms with Crippen LogP contribution in [-0.2, 0) is 9.53 Å². The van der Waals surface area contributed by atoms with Gasteiger partial charge in [-0.1, -0.05) is 47.0 Å². The van der Waals surface area contributed by atoms with E-state index in [4.69, 9.17) is 9.47 Å². The summed E-state index contributed by atoms with van der Waals surface area (Å²) < 4.78 is 11.6. The molecule has 1 atom stereocenters. The quantitative estimate of drug-likeness (QED) is 0.512. The molecule has 0 bridgehead atoms. The summed E-state index contributed by atoms with van der Waals surface area (Å²) in [5.74, 6) is 1.23. The Labute approximate surface area is 153 Å². The van der Waals surface area contributed by atoms with E-state index in [-0.39, 0.29) is 5.91 Å². The van der Waals surface area contributed by atoms with Crippen LogP contribution in [0.5, 0.6) is 5.75 Å². The summed E-state index contributed by atoms with van der Waals surface area (Å²) in [6.45, 7) is 11.6. The first-order valence-corrected chi connectivity index (χ1v) is 9.59. The number of hydrogen-bond acceptors (Lipinski definition) is 3. The van der Waals surface area contributed by atoms with Gasteiger partial charge in [0.15, 0.2) is 0 Å². The van der Waals surface area contributed by atoms with Crippen molar-refractivity contribution in [1.29, 1.82) is 0 Å². The minimum Gasteiger partial charge on any atom is -0.493 e. The van der Waals surface area contributed by atoms with Crippen LogP contribution in [0.3, 0.4) is 0 Å². The van der Waals surface area contributed by atoms with Crippen LogP contribution in [0.15, 0.2) is 24.3 Å². The highest BCUT2D eigenvalue weighted by atomic mass is 16.5. The number of benzene rings is 1. The maximum atomic E-state index is 12.8. The van der Waals surface area contributed by atoms with Crippen molar-refractivity contribution < 1.29 is 14.3 Å². The average Bonchev–Trinajstić information content (AvgIpc) is 2.59. The lowest BCUT2D eigenvalue weighted by molar-refractivity contribution is -0.140. The van der Waals surface area contributed by atoms with Crippen LogP contribution in [0.25, 0.3) is 0 Å². The van der Waals surface area contributed by atoms with E-state index in [2.05, 4.69) is 33.0 Å². The van der Waals surface area contributed by atoms with Gasteiger partial charge in [-0.2, -0.15) is 0 Å². The van der Waals surface area contributed by atoms with Gasteiger partial charge in [0.1, 0.15) is 11.4 Å². The Hall–Kier alpha value is -1.55. The van der Waals surface area contributed by atoms with Crippen molar-refractivity contribution in [3.8, 4) is 5.75 Å². The number of unbranched alkanes of at least 4 members (excludes halogenated alkanes) is 2. The third-order valence-corrected chi connectivity index (χ3v) is 4.06. The Kier molecular flexibility index (Phi) is 9.58. The van der Waals surface area contributed by atoms with Crippen LogP contribution in [-0.4, -0.2) is 24.7 Å². The zero-order valence-electron chi connectivity index (χ0n) is 16.6. The van der Waals surface area contributed by atoms with Crippen molar-refractivity contribution in [2.45, 2.75) is 72.3 Å². The Morgan fingerprint density at radius 1 is 1.12 bits per heavy atom. The third-order valence-electron chi connectivity index (χ3n) is 4.06. The van der Waals surface area contributed by atoms with Crippen molar-refractivity contribution in [3.63, 3.8) is 0 Å². The second kappa shape index (κ2) is 11.1. The third kappa shape index (κ3) is 7.91. The second-order valence-electron chi connectivity index (χ2n) is 7.22. The van der Waals surface area contributed by atoms with E-state index in [0.29, 0.717) is 19.1 Å². The van der Waals surface area contributed by atoms with Crippen molar-refractivity contribution in [1.82, 2.24) is 0 Å². The monoisotopic (exact) mass is 349 g/mol. The molecule has 0 aliphatic carbocycles. The van der Waals surface area contributed by atoms with Gasteiger partial charge >= 0.3 is 0 Å². The lowest BCUT2D eigenvalue weighted by Crippen LogP contribution is -2.43. The van der Waals surface area contributed by atoms with Crippen LogP contribution in [0.4, 0.5) is 5.69 Å². The van der Waals surface area contributed by atoms with E-state index in [9.17, 15) is 4.79 Å². The topological polar surface area (TPSA) is 47.6 Å². The van der Waals surface area contributed by atoms with Crippen LogP contribution in [0.1, 0.15) is 66.7 Å². The highest BCUT2D eigenvalue weighted by Crippen LogP contribution is 2.23. The normalized spacial score (nSPS) is 13.5. The molecule has 0 fully saturated rings. The smallest absolute Gasteiger partial charge is 0.256 e. The SMILES string of the molecule is CCCCCC(C)(OCCC)C(=O)Nc1ccc(OCC(C)C)cc1. The van der Waals surface area contributed by atoms with Gasteiger partial charge < -0.3 is 14.8 Å². The number of amides is 1. The molecule has 1 aromatic carbocycles. The molecule has 0 aliphatic rings. The molecule has 0 radical (unpaired) electrons. The van der Waals surface area contributed by atoms with Crippen LogP contribution < -0.4 is 10.1 Å². The van der Waals surface area contributed by atoms with Gasteiger partial charge in [0, 0.05) is 12.3 Å². The minimum atomic E-state index is -0.780. The molecule has 0 heterocycles. The summed E-state index contributed by atoms with van der Waals surface area (Å²) >= 11 is 0. The largest absolute Gasteiger partial charge is 0.493 e. The van der Waals surface area contributed by atoms with Crippen molar-refractivity contribution in [2.24, 2.45) is 5.92 Å². The minimum absolute atomic E-state index is 0.0760. The predicted octanol–water partition coefficient (Wildman–Crippen LogP) is 5.43. The lowest BCUT2D eigenvalue weighted by atomic mass is 9.96. The molecule has 1 amide bonds. The number of anilines is 1. The molecular weight excluding hydrogens is 314 g/mol. The van der Waals surface area contributed by atoms with Gasteiger partial charge in [0.05, 0.1) is 6.61 Å². The molecule has 4 heteroatoms. The van der Waals surface area contributed by atoms with Gasteiger partial charge in [0.2, 0.25) is 0 Å².